The molecule has 0 unspecified atom stereocenters. The van der Waals surface area contributed by atoms with Crippen molar-refractivity contribution in [1.29, 1.82) is 0 Å². The van der Waals surface area contributed by atoms with E-state index in [0.717, 1.165) is 59.4 Å². The summed E-state index contributed by atoms with van der Waals surface area (Å²) in [5.74, 6) is 0.741. The van der Waals surface area contributed by atoms with Crippen LogP contribution in [0.5, 0.6) is 0 Å². The Hall–Kier alpha value is -4.70. The minimum atomic E-state index is -0.668. The Morgan fingerprint density at radius 3 is 2.33 bits per heavy atom. The topological polar surface area (TPSA) is 112 Å². The standard InChI is InChI=1S/C39H48N4O6/c1-39(2,3)49-38(46)40-32(24-27-13-15-28(16-14-27)29-17-19-30(20-18-29)37(45)48-5)25-35(44)42-21-8-10-31(26-42)36-41-33-11-6-7-12-34(33)43(36)22-9-23-47-4/h6-7,11-20,31-32H,8-10,21-26H2,1-5H3,(H,40,46)/t31-,32-/m1/s1. The molecular formula is C39H48N4O6. The predicted molar refractivity (Wildman–Crippen MR) is 189 cm³/mol. The molecular weight excluding hydrogens is 620 g/mol. The van der Waals surface area contributed by atoms with Gasteiger partial charge in [0.15, 0.2) is 0 Å². The number of carbonyl (C=O) groups is 3. The van der Waals surface area contributed by atoms with E-state index in [1.807, 2.05) is 80.3 Å². The Labute approximate surface area is 288 Å². The fourth-order valence-corrected chi connectivity index (χ4v) is 6.44. The van der Waals surface area contributed by atoms with Gasteiger partial charge in [0.25, 0.3) is 0 Å². The number of hydrogen-bond acceptors (Lipinski definition) is 7. The van der Waals surface area contributed by atoms with Crippen LogP contribution in [0.3, 0.4) is 0 Å². The SMILES string of the molecule is COCCCn1c([C@@H]2CCCN(C(=O)C[C@@H](Cc3ccc(-c4ccc(C(=O)OC)cc4)cc3)NC(=O)OC(C)(C)C)C2)nc2ccccc21. The number of aryl methyl sites for hydroxylation is 1. The zero-order chi connectivity index (χ0) is 35.0. The van der Waals surface area contributed by atoms with Crippen molar-refractivity contribution in [2.45, 2.75) is 77.0 Å². The fraction of sp³-hybridized carbons (Fsp3) is 0.436. The largest absolute Gasteiger partial charge is 0.465 e. The molecule has 2 atom stereocenters. The van der Waals surface area contributed by atoms with E-state index in [9.17, 15) is 14.4 Å². The number of methoxy groups -OCH3 is 2. The minimum Gasteiger partial charge on any atom is -0.465 e. The van der Waals surface area contributed by atoms with Gasteiger partial charge in [0.05, 0.1) is 23.7 Å². The van der Waals surface area contributed by atoms with E-state index in [0.29, 0.717) is 31.7 Å². The van der Waals surface area contributed by atoms with Crippen molar-refractivity contribution in [3.63, 3.8) is 0 Å². The monoisotopic (exact) mass is 668 g/mol. The van der Waals surface area contributed by atoms with E-state index in [-0.39, 0.29) is 24.2 Å². The Balaban J connectivity index is 1.30. The summed E-state index contributed by atoms with van der Waals surface area (Å²) in [7, 11) is 3.08. The zero-order valence-electron chi connectivity index (χ0n) is 29.2. The van der Waals surface area contributed by atoms with Gasteiger partial charge >= 0.3 is 12.1 Å². The highest BCUT2D eigenvalue weighted by Gasteiger charge is 2.30. The van der Waals surface area contributed by atoms with Crippen molar-refractivity contribution in [3.05, 3.63) is 89.7 Å². The molecule has 4 aromatic rings. The quantitative estimate of drug-likeness (QED) is 0.131. The van der Waals surface area contributed by atoms with Crippen LogP contribution < -0.4 is 5.32 Å². The summed E-state index contributed by atoms with van der Waals surface area (Å²) in [6, 6.07) is 23.0. The smallest absolute Gasteiger partial charge is 0.407 e. The Morgan fingerprint density at radius 1 is 0.959 bits per heavy atom. The molecule has 10 nitrogen and oxygen atoms in total. The molecule has 1 fully saturated rings. The molecule has 10 heteroatoms. The maximum Gasteiger partial charge on any atom is 0.407 e. The number of alkyl carbamates (subject to hydrolysis) is 1. The number of benzene rings is 3. The van der Waals surface area contributed by atoms with E-state index in [2.05, 4.69) is 16.0 Å². The summed E-state index contributed by atoms with van der Waals surface area (Å²) in [5.41, 5.74) is 4.81. The molecule has 1 N–H and O–H groups in total. The second-order valence-corrected chi connectivity index (χ2v) is 13.7. The van der Waals surface area contributed by atoms with Crippen molar-refractivity contribution >= 4 is 29.0 Å². The number of piperidine rings is 1. The van der Waals surface area contributed by atoms with Gasteiger partial charge in [-0.1, -0.05) is 48.5 Å². The van der Waals surface area contributed by atoms with Gasteiger partial charge < -0.3 is 29.0 Å². The number of aromatic nitrogens is 2. The van der Waals surface area contributed by atoms with Crippen molar-refractivity contribution in [3.8, 4) is 11.1 Å². The molecule has 1 saturated heterocycles. The van der Waals surface area contributed by atoms with E-state index in [1.165, 1.54) is 7.11 Å². The number of nitrogens with zero attached hydrogens (tertiary/aromatic N) is 3. The number of fused-ring (bicyclic) bond motifs is 1. The fourth-order valence-electron chi connectivity index (χ4n) is 6.44. The number of nitrogens with one attached hydrogen (secondary N) is 1. The second-order valence-electron chi connectivity index (χ2n) is 13.7. The molecule has 2 amide bonds. The molecule has 0 aliphatic carbocycles. The zero-order valence-corrected chi connectivity index (χ0v) is 29.2. The first-order valence-electron chi connectivity index (χ1n) is 17.0. The lowest BCUT2D eigenvalue weighted by molar-refractivity contribution is -0.133. The van der Waals surface area contributed by atoms with Gasteiger partial charge in [0, 0.05) is 51.7 Å². The molecule has 260 valence electrons. The molecule has 3 aromatic carbocycles. The van der Waals surface area contributed by atoms with Crippen molar-refractivity contribution < 1.29 is 28.6 Å². The third-order valence-corrected chi connectivity index (χ3v) is 8.77. The van der Waals surface area contributed by atoms with Crippen LogP contribution >= 0.6 is 0 Å². The number of likely N-dealkylation sites (tertiary alicyclic amines) is 1. The average molecular weight is 669 g/mol. The normalized spacial score (nSPS) is 15.5. The number of para-hydroxylation sites is 2. The number of rotatable bonds is 12. The Bertz CT molecular complexity index is 1730. The van der Waals surface area contributed by atoms with Gasteiger partial charge in [-0.3, -0.25) is 4.79 Å². The van der Waals surface area contributed by atoms with E-state index in [1.54, 1.807) is 19.2 Å². The van der Waals surface area contributed by atoms with Crippen LogP contribution in [0.1, 0.15) is 74.1 Å². The number of carbonyl (C=O) groups excluding carboxylic acids is 3. The number of amides is 2. The Morgan fingerprint density at radius 2 is 1.65 bits per heavy atom. The van der Waals surface area contributed by atoms with Crippen LogP contribution in [0.15, 0.2) is 72.8 Å². The molecule has 5 rings (SSSR count). The lowest BCUT2D eigenvalue weighted by Gasteiger charge is -2.34. The highest BCUT2D eigenvalue weighted by atomic mass is 16.6. The number of hydrogen-bond donors (Lipinski definition) is 1. The first-order valence-corrected chi connectivity index (χ1v) is 17.0. The number of ether oxygens (including phenoxy) is 3. The van der Waals surface area contributed by atoms with Crippen molar-refractivity contribution in [2.24, 2.45) is 0 Å². The van der Waals surface area contributed by atoms with Gasteiger partial charge in [-0.25, -0.2) is 14.6 Å². The summed E-state index contributed by atoms with van der Waals surface area (Å²) in [6.07, 6.45) is 2.76. The summed E-state index contributed by atoms with van der Waals surface area (Å²) < 4.78 is 18.0. The second kappa shape index (κ2) is 16.1. The maximum atomic E-state index is 13.9. The molecule has 0 saturated carbocycles. The van der Waals surface area contributed by atoms with Gasteiger partial charge in [-0.05, 0) is 87.4 Å². The highest BCUT2D eigenvalue weighted by Crippen LogP contribution is 2.30. The number of imidazole rings is 1. The van der Waals surface area contributed by atoms with Crippen LogP contribution in [0.2, 0.25) is 0 Å². The first-order chi connectivity index (χ1) is 23.5. The molecule has 1 aliphatic rings. The summed E-state index contributed by atoms with van der Waals surface area (Å²) >= 11 is 0. The predicted octanol–water partition coefficient (Wildman–Crippen LogP) is 6.76. The minimum absolute atomic E-state index is 0.00452. The van der Waals surface area contributed by atoms with Gasteiger partial charge in [-0.15, -0.1) is 0 Å². The molecule has 49 heavy (non-hydrogen) atoms. The summed E-state index contributed by atoms with van der Waals surface area (Å²) in [5, 5.41) is 2.98. The molecule has 0 radical (unpaired) electrons. The van der Waals surface area contributed by atoms with Crippen LogP contribution in [0.4, 0.5) is 4.79 Å². The lowest BCUT2D eigenvalue weighted by Crippen LogP contribution is -2.46. The van der Waals surface area contributed by atoms with Crippen LogP contribution in [0, 0.1) is 0 Å². The van der Waals surface area contributed by atoms with Crippen LogP contribution in [0.25, 0.3) is 22.2 Å². The van der Waals surface area contributed by atoms with Gasteiger partial charge in [0.1, 0.15) is 11.4 Å². The molecule has 0 bridgehead atoms. The molecule has 0 spiro atoms. The Kier molecular flexibility index (Phi) is 11.7. The molecule has 2 heterocycles. The third kappa shape index (κ3) is 9.47. The number of esters is 1. The first kappa shape index (κ1) is 35.6. The van der Waals surface area contributed by atoms with Crippen molar-refractivity contribution in [2.75, 3.05) is 33.9 Å². The van der Waals surface area contributed by atoms with E-state index < -0.39 is 17.7 Å². The van der Waals surface area contributed by atoms with E-state index in [4.69, 9.17) is 19.2 Å². The van der Waals surface area contributed by atoms with Crippen LogP contribution in [-0.2, 0) is 32.0 Å². The van der Waals surface area contributed by atoms with Gasteiger partial charge in [0.2, 0.25) is 5.91 Å². The third-order valence-electron chi connectivity index (χ3n) is 8.77. The van der Waals surface area contributed by atoms with Crippen molar-refractivity contribution in [1.82, 2.24) is 19.8 Å². The maximum absolute atomic E-state index is 13.9. The van der Waals surface area contributed by atoms with E-state index >= 15 is 0 Å². The summed E-state index contributed by atoms with van der Waals surface area (Å²) in [6.45, 7) is 8.17. The summed E-state index contributed by atoms with van der Waals surface area (Å²) in [4.78, 5) is 45.6. The lowest BCUT2D eigenvalue weighted by atomic mass is 9.95. The highest BCUT2D eigenvalue weighted by molar-refractivity contribution is 5.90. The average Bonchev–Trinajstić information content (AvgIpc) is 3.46. The van der Waals surface area contributed by atoms with Crippen LogP contribution in [-0.4, -0.2) is 78.0 Å². The molecule has 1 aromatic heterocycles. The van der Waals surface area contributed by atoms with Gasteiger partial charge in [-0.2, -0.15) is 0 Å². The molecule has 1 aliphatic heterocycles.